The minimum Gasteiger partial charge on any atom is -0.451 e. The molecule has 2 fully saturated rings. The molecule has 44 heavy (non-hydrogen) atoms. The van der Waals surface area contributed by atoms with Gasteiger partial charge in [-0.3, -0.25) is 9.59 Å². The van der Waals surface area contributed by atoms with Gasteiger partial charge in [-0.15, -0.1) is 0 Å². The van der Waals surface area contributed by atoms with Crippen LogP contribution in [0.1, 0.15) is 56.8 Å². The van der Waals surface area contributed by atoms with E-state index in [2.05, 4.69) is 58.5 Å². The van der Waals surface area contributed by atoms with Gasteiger partial charge < -0.3 is 29.7 Å². The molecule has 2 saturated heterocycles. The van der Waals surface area contributed by atoms with E-state index in [0.717, 1.165) is 85.5 Å². The summed E-state index contributed by atoms with van der Waals surface area (Å²) in [4.78, 5) is 32.4. The molecule has 1 amide bonds. The number of piperidine rings is 1. The van der Waals surface area contributed by atoms with Crippen molar-refractivity contribution >= 4 is 33.3 Å². The molecule has 230 valence electrons. The molecule has 8 nitrogen and oxygen atoms in total. The van der Waals surface area contributed by atoms with Crippen LogP contribution in [0.4, 0.5) is 5.69 Å². The first-order valence-electron chi connectivity index (χ1n) is 16.4. The van der Waals surface area contributed by atoms with Gasteiger partial charge in [0.25, 0.3) is 5.91 Å². The van der Waals surface area contributed by atoms with Crippen molar-refractivity contribution in [2.24, 2.45) is 5.92 Å². The Bertz CT molecular complexity index is 1760. The molecule has 8 heteroatoms. The van der Waals surface area contributed by atoms with Gasteiger partial charge in [-0.25, -0.2) is 0 Å². The molecule has 0 bridgehead atoms. The van der Waals surface area contributed by atoms with Gasteiger partial charge in [-0.1, -0.05) is 38.1 Å². The molecule has 1 aromatic heterocycles. The van der Waals surface area contributed by atoms with Crippen LogP contribution >= 0.6 is 0 Å². The van der Waals surface area contributed by atoms with E-state index in [1.54, 1.807) is 6.20 Å². The Morgan fingerprint density at radius 3 is 2.66 bits per heavy atom. The van der Waals surface area contributed by atoms with E-state index in [1.807, 2.05) is 35.8 Å². The number of fused-ring (bicyclic) bond motifs is 4. The van der Waals surface area contributed by atoms with Gasteiger partial charge in [-0.2, -0.15) is 0 Å². The number of benzene rings is 3. The van der Waals surface area contributed by atoms with Crippen LogP contribution in [0.2, 0.25) is 0 Å². The number of rotatable bonds is 9. The van der Waals surface area contributed by atoms with Crippen LogP contribution in [0.25, 0.3) is 27.4 Å². The second kappa shape index (κ2) is 11.9. The Morgan fingerprint density at radius 2 is 1.89 bits per heavy atom. The maximum atomic E-state index is 14.0. The van der Waals surface area contributed by atoms with Crippen molar-refractivity contribution in [1.82, 2.24) is 20.1 Å². The maximum absolute atomic E-state index is 14.0. The second-order valence-electron chi connectivity index (χ2n) is 12.7. The summed E-state index contributed by atoms with van der Waals surface area (Å²) in [6.07, 6.45) is 6.01. The normalized spacial score (nSPS) is 19.6. The molecule has 4 heterocycles. The zero-order chi connectivity index (χ0) is 30.4. The van der Waals surface area contributed by atoms with Gasteiger partial charge in [0.05, 0.1) is 16.8 Å². The number of aromatic nitrogens is 1. The van der Waals surface area contributed by atoms with Crippen LogP contribution in [0.15, 0.2) is 59.5 Å². The van der Waals surface area contributed by atoms with Gasteiger partial charge in [0, 0.05) is 31.4 Å². The predicted octanol–water partition coefficient (Wildman–Crippen LogP) is 5.68. The van der Waals surface area contributed by atoms with Crippen LogP contribution in [0.3, 0.4) is 0 Å². The molecular formula is C36H43N5O3. The molecule has 0 spiro atoms. The quantitative estimate of drug-likeness (QED) is 0.229. The van der Waals surface area contributed by atoms with E-state index in [9.17, 15) is 9.59 Å². The number of hydrogen-bond donors (Lipinski definition) is 2. The number of pyridine rings is 1. The minimum atomic E-state index is -0.329. The highest BCUT2D eigenvalue weighted by molar-refractivity contribution is 6.02. The van der Waals surface area contributed by atoms with Gasteiger partial charge in [0.1, 0.15) is 11.1 Å². The van der Waals surface area contributed by atoms with Gasteiger partial charge in [0.2, 0.25) is 5.43 Å². The van der Waals surface area contributed by atoms with E-state index in [1.165, 1.54) is 12.8 Å². The van der Waals surface area contributed by atoms with Gasteiger partial charge in [-0.05, 0) is 99.7 Å². The molecule has 0 radical (unpaired) electrons. The summed E-state index contributed by atoms with van der Waals surface area (Å²) in [5, 5.41) is 9.47. The van der Waals surface area contributed by atoms with Crippen molar-refractivity contribution in [3.63, 3.8) is 0 Å². The third kappa shape index (κ3) is 5.14. The van der Waals surface area contributed by atoms with E-state index in [4.69, 9.17) is 4.74 Å². The average molecular weight is 594 g/mol. The Hall–Kier alpha value is -3.88. The summed E-state index contributed by atoms with van der Waals surface area (Å²) < 4.78 is 8.75. The first-order chi connectivity index (χ1) is 21.4. The van der Waals surface area contributed by atoms with Crippen molar-refractivity contribution in [2.45, 2.75) is 58.5 Å². The number of anilines is 1. The fraction of sp³-hybridized carbons (Fsp3) is 0.444. The fourth-order valence-electron chi connectivity index (χ4n) is 7.45. The predicted molar refractivity (Wildman–Crippen MR) is 178 cm³/mol. The van der Waals surface area contributed by atoms with Crippen LogP contribution in [-0.2, 0) is 0 Å². The minimum absolute atomic E-state index is 0.0423. The Balaban J connectivity index is 1.29. The maximum Gasteiger partial charge on any atom is 0.256 e. The number of nitrogens with one attached hydrogen (secondary N) is 2. The molecule has 4 aromatic rings. The number of carbonyl (C=O) groups excluding carboxylic acids is 1. The lowest BCUT2D eigenvalue weighted by Crippen LogP contribution is -2.40. The molecule has 3 atom stereocenters. The Morgan fingerprint density at radius 1 is 1.09 bits per heavy atom. The van der Waals surface area contributed by atoms with Crippen molar-refractivity contribution in [1.29, 1.82) is 0 Å². The number of amides is 1. The zero-order valence-corrected chi connectivity index (χ0v) is 26.1. The molecule has 7 rings (SSSR count). The molecule has 3 aliphatic heterocycles. The summed E-state index contributed by atoms with van der Waals surface area (Å²) in [5.74, 6) is 1.69. The van der Waals surface area contributed by atoms with Crippen LogP contribution in [0, 0.1) is 5.92 Å². The third-order valence-electron chi connectivity index (χ3n) is 9.97. The number of carbonyl (C=O) groups is 1. The highest BCUT2D eigenvalue weighted by atomic mass is 16.5. The summed E-state index contributed by atoms with van der Waals surface area (Å²) in [7, 11) is 0. The van der Waals surface area contributed by atoms with Crippen molar-refractivity contribution in [2.75, 3.05) is 44.2 Å². The smallest absolute Gasteiger partial charge is 0.256 e. The molecule has 0 saturated carbocycles. The number of nitrogens with zero attached hydrogens (tertiary/aromatic N) is 3. The fourth-order valence-corrected chi connectivity index (χ4v) is 7.45. The van der Waals surface area contributed by atoms with Gasteiger partial charge >= 0.3 is 0 Å². The molecule has 3 unspecified atom stereocenters. The third-order valence-corrected chi connectivity index (χ3v) is 9.97. The SMILES string of the molecule is CCN(CC)CCCC(C)NC(=O)c1cn2c3c(c(N4CC5CCCNC5C4)ccc3c1=O)Oc1cc3ccccc3cc1-2. The molecule has 2 N–H and O–H groups in total. The summed E-state index contributed by atoms with van der Waals surface area (Å²) in [6, 6.07) is 16.7. The standard InChI is InChI=1S/C36H43N5O3/c1-4-39(5-2)17-9-10-23(3)38-36(43)28-21-41-31-18-24-11-6-7-12-25(24)19-32(31)44-35-30(15-14-27(33(35)41)34(28)42)40-20-26-13-8-16-37-29(26)22-40/h6-7,11-12,14-15,18-19,21,23,26,29,37H,4-5,8-10,13,16-17,20,22H2,1-3H3,(H,38,43). The van der Waals surface area contributed by atoms with Crippen LogP contribution in [0.5, 0.6) is 11.5 Å². The van der Waals surface area contributed by atoms with E-state index < -0.39 is 0 Å². The first kappa shape index (κ1) is 28.9. The van der Waals surface area contributed by atoms with Crippen LogP contribution < -0.4 is 25.7 Å². The zero-order valence-electron chi connectivity index (χ0n) is 26.1. The first-order valence-corrected chi connectivity index (χ1v) is 16.4. The largest absolute Gasteiger partial charge is 0.451 e. The van der Waals surface area contributed by atoms with E-state index in [-0.39, 0.29) is 22.9 Å². The second-order valence-corrected chi connectivity index (χ2v) is 12.7. The lowest BCUT2D eigenvalue weighted by atomic mass is 9.94. The highest BCUT2D eigenvalue weighted by Gasteiger charge is 2.37. The summed E-state index contributed by atoms with van der Waals surface area (Å²) in [6.45, 7) is 12.3. The molecule has 0 aliphatic carbocycles. The lowest BCUT2D eigenvalue weighted by molar-refractivity contribution is 0.0935. The molecular weight excluding hydrogens is 550 g/mol. The van der Waals surface area contributed by atoms with Crippen molar-refractivity contribution in [3.05, 3.63) is 70.5 Å². The topological polar surface area (TPSA) is 78.8 Å². The lowest BCUT2D eigenvalue weighted by Gasteiger charge is -2.29. The molecule has 3 aromatic carbocycles. The highest BCUT2D eigenvalue weighted by Crippen LogP contribution is 2.47. The number of ether oxygens (including phenoxy) is 1. The van der Waals surface area contributed by atoms with Crippen molar-refractivity contribution < 1.29 is 9.53 Å². The van der Waals surface area contributed by atoms with E-state index >= 15 is 0 Å². The Kier molecular flexibility index (Phi) is 7.81. The van der Waals surface area contributed by atoms with Crippen LogP contribution in [-0.4, -0.2) is 66.7 Å². The van der Waals surface area contributed by atoms with Crippen molar-refractivity contribution in [3.8, 4) is 17.2 Å². The molecule has 3 aliphatic rings. The monoisotopic (exact) mass is 593 g/mol. The Labute approximate surface area is 259 Å². The summed E-state index contributed by atoms with van der Waals surface area (Å²) in [5.41, 5.74) is 2.45. The average Bonchev–Trinajstić information content (AvgIpc) is 3.47. The van der Waals surface area contributed by atoms with Gasteiger partial charge in [0.15, 0.2) is 11.5 Å². The van der Waals surface area contributed by atoms with E-state index in [0.29, 0.717) is 23.1 Å². The summed E-state index contributed by atoms with van der Waals surface area (Å²) >= 11 is 0. The number of hydrogen-bond acceptors (Lipinski definition) is 6.